The molecule has 0 aromatic rings. The van der Waals surface area contributed by atoms with Crippen molar-refractivity contribution >= 4 is 12.2 Å². The van der Waals surface area contributed by atoms with Crippen LogP contribution in [0.3, 0.4) is 0 Å². The second kappa shape index (κ2) is 8.17. The molecule has 2 heterocycles. The number of nitrogens with zero attached hydrogens (tertiary/aromatic N) is 3. The fourth-order valence-corrected chi connectivity index (χ4v) is 3.10. The third-order valence-electron chi connectivity index (χ3n) is 4.29. The van der Waals surface area contributed by atoms with Crippen LogP contribution >= 0.6 is 0 Å². The molecule has 0 aromatic carbocycles. The minimum absolute atomic E-state index is 0.0473. The number of likely N-dealkylation sites (tertiary alicyclic amines) is 1. The number of amides is 2. The van der Waals surface area contributed by atoms with Crippen molar-refractivity contribution < 1.29 is 9.53 Å². The Hall–Kier alpha value is -1.56. The molecule has 22 heavy (non-hydrogen) atoms. The molecule has 0 radical (unpaired) electrons. The van der Waals surface area contributed by atoms with E-state index < -0.39 is 0 Å². The highest BCUT2D eigenvalue weighted by Gasteiger charge is 2.33. The van der Waals surface area contributed by atoms with E-state index in [4.69, 9.17) is 10.5 Å². The van der Waals surface area contributed by atoms with Crippen molar-refractivity contribution in [1.82, 2.24) is 9.80 Å². The molecule has 6 heteroatoms. The number of morpholine rings is 1. The smallest absolute Gasteiger partial charge is 0.324 e. The third-order valence-corrected chi connectivity index (χ3v) is 4.29. The predicted octanol–water partition coefficient (Wildman–Crippen LogP) is 2.17. The first kappa shape index (κ1) is 16.8. The number of allylic oxidation sites excluding steroid dienone is 1. The van der Waals surface area contributed by atoms with Crippen molar-refractivity contribution in [3.05, 3.63) is 11.5 Å². The van der Waals surface area contributed by atoms with E-state index in [1.807, 2.05) is 16.7 Å². The van der Waals surface area contributed by atoms with E-state index in [-0.39, 0.29) is 6.03 Å². The molecule has 2 aliphatic heterocycles. The number of rotatable bonds is 3. The van der Waals surface area contributed by atoms with Crippen LogP contribution in [-0.4, -0.2) is 54.9 Å². The van der Waals surface area contributed by atoms with Gasteiger partial charge in [0.05, 0.1) is 18.9 Å². The number of hydrogen-bond donors (Lipinski definition) is 1. The van der Waals surface area contributed by atoms with Gasteiger partial charge in [-0.2, -0.15) is 0 Å². The van der Waals surface area contributed by atoms with Crippen LogP contribution in [0.2, 0.25) is 0 Å². The van der Waals surface area contributed by atoms with Gasteiger partial charge in [0.15, 0.2) is 0 Å². The Morgan fingerprint density at radius 2 is 2.09 bits per heavy atom. The van der Waals surface area contributed by atoms with E-state index in [0.29, 0.717) is 38.0 Å². The zero-order valence-electron chi connectivity index (χ0n) is 13.8. The number of ether oxygens (including phenoxy) is 1. The molecule has 2 aliphatic rings. The van der Waals surface area contributed by atoms with Crippen LogP contribution in [-0.2, 0) is 4.74 Å². The third kappa shape index (κ3) is 3.80. The van der Waals surface area contributed by atoms with Crippen LogP contribution in [0.4, 0.5) is 4.79 Å². The SMILES string of the molecule is CCC=NC(N)=C1[C@@H](CC)CCCN1C(=O)N1CCOCC1. The second-order valence-corrected chi connectivity index (χ2v) is 5.77. The van der Waals surface area contributed by atoms with Gasteiger partial charge in [0, 0.05) is 31.8 Å². The van der Waals surface area contributed by atoms with E-state index in [1.54, 1.807) is 6.21 Å². The van der Waals surface area contributed by atoms with Crippen LogP contribution in [0.5, 0.6) is 0 Å². The molecule has 0 spiro atoms. The van der Waals surface area contributed by atoms with Crippen molar-refractivity contribution in [2.24, 2.45) is 16.6 Å². The number of carbonyl (C=O) groups is 1. The highest BCUT2D eigenvalue weighted by Crippen LogP contribution is 2.32. The summed E-state index contributed by atoms with van der Waals surface area (Å²) in [5.74, 6) is 0.808. The lowest BCUT2D eigenvalue weighted by molar-refractivity contribution is 0.0433. The summed E-state index contributed by atoms with van der Waals surface area (Å²) in [6.45, 7) is 7.42. The molecule has 0 saturated carbocycles. The van der Waals surface area contributed by atoms with Gasteiger partial charge in [0.25, 0.3) is 0 Å². The quantitative estimate of drug-likeness (QED) is 0.812. The number of piperidine rings is 1. The van der Waals surface area contributed by atoms with Gasteiger partial charge in [-0.05, 0) is 25.7 Å². The monoisotopic (exact) mass is 308 g/mol. The lowest BCUT2D eigenvalue weighted by Crippen LogP contribution is -2.50. The summed E-state index contributed by atoms with van der Waals surface area (Å²) in [6, 6.07) is 0.0473. The molecule has 2 N–H and O–H groups in total. The summed E-state index contributed by atoms with van der Waals surface area (Å²) in [5, 5.41) is 0. The van der Waals surface area contributed by atoms with Gasteiger partial charge in [0.1, 0.15) is 5.82 Å². The summed E-state index contributed by atoms with van der Waals surface area (Å²) in [5.41, 5.74) is 7.11. The molecule has 6 nitrogen and oxygen atoms in total. The summed E-state index contributed by atoms with van der Waals surface area (Å²) in [6.07, 6.45) is 5.71. The van der Waals surface area contributed by atoms with Crippen molar-refractivity contribution in [3.8, 4) is 0 Å². The molecule has 2 saturated heterocycles. The Kier molecular flexibility index (Phi) is 6.24. The maximum atomic E-state index is 12.9. The first-order chi connectivity index (χ1) is 10.7. The zero-order valence-corrected chi connectivity index (χ0v) is 13.8. The lowest BCUT2D eigenvalue weighted by atomic mass is 9.91. The minimum atomic E-state index is 0.0473. The normalized spacial score (nSPS) is 25.6. The number of urea groups is 1. The zero-order chi connectivity index (χ0) is 15.9. The van der Waals surface area contributed by atoms with Gasteiger partial charge < -0.3 is 15.4 Å². The molecule has 1 atom stereocenters. The van der Waals surface area contributed by atoms with E-state index in [2.05, 4.69) is 11.9 Å². The molecule has 0 aromatic heterocycles. The molecule has 0 aliphatic carbocycles. The topological polar surface area (TPSA) is 71.2 Å². The summed E-state index contributed by atoms with van der Waals surface area (Å²) in [4.78, 5) is 20.9. The first-order valence-electron chi connectivity index (χ1n) is 8.35. The van der Waals surface area contributed by atoms with Gasteiger partial charge in [0.2, 0.25) is 0 Å². The molecular formula is C16H28N4O2. The average molecular weight is 308 g/mol. The fourth-order valence-electron chi connectivity index (χ4n) is 3.10. The number of aliphatic imine (C=N–C) groups is 1. The van der Waals surface area contributed by atoms with E-state index in [9.17, 15) is 4.79 Å². The average Bonchev–Trinajstić information content (AvgIpc) is 2.59. The predicted molar refractivity (Wildman–Crippen MR) is 87.5 cm³/mol. The molecule has 2 rings (SSSR count). The minimum Gasteiger partial charge on any atom is -0.382 e. The fraction of sp³-hybridized carbons (Fsp3) is 0.750. The van der Waals surface area contributed by atoms with E-state index >= 15 is 0 Å². The number of hydrogen-bond acceptors (Lipinski definition) is 4. The van der Waals surface area contributed by atoms with Crippen LogP contribution in [0.25, 0.3) is 0 Å². The Morgan fingerprint density at radius 1 is 1.36 bits per heavy atom. The highest BCUT2D eigenvalue weighted by atomic mass is 16.5. The Balaban J connectivity index is 2.25. The standard InChI is InChI=1S/C16H28N4O2/c1-3-7-18-15(17)14-13(4-2)6-5-8-20(14)16(21)19-9-11-22-12-10-19/h7,13H,3-6,8-12,17H2,1-2H3/t13-/m0/s1. The van der Waals surface area contributed by atoms with Crippen molar-refractivity contribution in [1.29, 1.82) is 0 Å². The molecular weight excluding hydrogens is 280 g/mol. The molecule has 0 bridgehead atoms. The summed E-state index contributed by atoms with van der Waals surface area (Å²) < 4.78 is 5.33. The van der Waals surface area contributed by atoms with Crippen LogP contribution < -0.4 is 5.73 Å². The van der Waals surface area contributed by atoms with Gasteiger partial charge in [-0.25, -0.2) is 9.79 Å². The van der Waals surface area contributed by atoms with E-state index in [0.717, 1.165) is 37.9 Å². The van der Waals surface area contributed by atoms with Crippen LogP contribution in [0.1, 0.15) is 39.5 Å². The largest absolute Gasteiger partial charge is 0.382 e. The first-order valence-corrected chi connectivity index (χ1v) is 8.35. The Bertz CT molecular complexity index is 441. The van der Waals surface area contributed by atoms with Crippen LogP contribution in [0.15, 0.2) is 16.5 Å². The molecule has 124 valence electrons. The highest BCUT2D eigenvalue weighted by molar-refractivity contribution is 5.77. The Morgan fingerprint density at radius 3 is 2.73 bits per heavy atom. The molecule has 2 fully saturated rings. The van der Waals surface area contributed by atoms with Crippen molar-refractivity contribution in [2.75, 3.05) is 32.8 Å². The maximum absolute atomic E-state index is 12.9. The number of carbonyl (C=O) groups excluding carboxylic acids is 1. The molecule has 2 amide bonds. The molecule has 0 unspecified atom stereocenters. The van der Waals surface area contributed by atoms with Gasteiger partial charge >= 0.3 is 6.03 Å². The Labute approximate surface area is 133 Å². The number of nitrogens with two attached hydrogens (primary N) is 1. The van der Waals surface area contributed by atoms with E-state index in [1.165, 1.54) is 0 Å². The van der Waals surface area contributed by atoms with Crippen molar-refractivity contribution in [3.63, 3.8) is 0 Å². The summed E-state index contributed by atoms with van der Waals surface area (Å²) >= 11 is 0. The second-order valence-electron chi connectivity index (χ2n) is 5.77. The van der Waals surface area contributed by atoms with Gasteiger partial charge in [-0.15, -0.1) is 0 Å². The van der Waals surface area contributed by atoms with Crippen molar-refractivity contribution in [2.45, 2.75) is 39.5 Å². The maximum Gasteiger partial charge on any atom is 0.324 e. The van der Waals surface area contributed by atoms with Gasteiger partial charge in [-0.1, -0.05) is 13.8 Å². The summed E-state index contributed by atoms with van der Waals surface area (Å²) in [7, 11) is 0. The van der Waals surface area contributed by atoms with Crippen LogP contribution in [0, 0.1) is 5.92 Å². The lowest BCUT2D eigenvalue weighted by Gasteiger charge is -2.39. The van der Waals surface area contributed by atoms with Gasteiger partial charge in [-0.3, -0.25) is 4.90 Å².